The third-order valence-corrected chi connectivity index (χ3v) is 15.1. The van der Waals surface area contributed by atoms with Crippen molar-refractivity contribution in [2.75, 3.05) is 0 Å². The molecule has 366 valence electrons. The fourth-order valence-electron chi connectivity index (χ4n) is 11.0. The van der Waals surface area contributed by atoms with Gasteiger partial charge in [0, 0.05) is 32.7 Å². The minimum atomic E-state index is -4.87. The molecule has 0 aliphatic heterocycles. The first-order chi connectivity index (χ1) is 36.9. The number of benzene rings is 10. The second-order valence-electron chi connectivity index (χ2n) is 20.2. The summed E-state index contributed by atoms with van der Waals surface area (Å²) < 4.78 is 55.9. The van der Waals surface area contributed by atoms with Crippen LogP contribution in [0.2, 0.25) is 0 Å². The van der Waals surface area contributed by atoms with Gasteiger partial charge in [0.1, 0.15) is 5.56 Å². The van der Waals surface area contributed by atoms with Crippen LogP contribution in [0.4, 0.5) is 13.2 Å². The Morgan fingerprint density at radius 3 is 0.908 bits per heavy atom. The van der Waals surface area contributed by atoms with Gasteiger partial charge >= 0.3 is 6.18 Å². The molecule has 0 aliphatic carbocycles. The molecule has 0 amide bonds. The SMILES string of the molecule is Cc1ccc(-c2ccc3c4ccc(-c5ccc(C)cc5)cc4n(-c4cc(-c5cccc(-c6ccccc6)n5)cc(-n5c6cc(-c7ccc(C)cc7)ccc6c6ccc(-c7ccc(C)cc7)cc65)c4C(F)(F)F)c3c2)cc1. The van der Waals surface area contributed by atoms with Crippen LogP contribution in [0, 0.1) is 27.7 Å². The first-order valence-corrected chi connectivity index (χ1v) is 25.7. The summed E-state index contributed by atoms with van der Waals surface area (Å²) in [5.41, 5.74) is 16.5. The molecular weight excluding hydrogens is 940 g/mol. The summed E-state index contributed by atoms with van der Waals surface area (Å²) in [4.78, 5) is 5.24. The molecule has 3 heterocycles. The Kier molecular flexibility index (Phi) is 11.2. The first-order valence-electron chi connectivity index (χ1n) is 25.7. The highest BCUT2D eigenvalue weighted by Crippen LogP contribution is 2.48. The largest absolute Gasteiger partial charge is 0.420 e. The molecule has 13 rings (SSSR count). The Morgan fingerprint density at radius 2 is 0.592 bits per heavy atom. The average Bonchev–Trinajstić information content (AvgIpc) is 3.98. The highest BCUT2D eigenvalue weighted by Gasteiger charge is 2.40. The van der Waals surface area contributed by atoms with Gasteiger partial charge in [0.15, 0.2) is 0 Å². The van der Waals surface area contributed by atoms with Crippen LogP contribution in [-0.4, -0.2) is 14.1 Å². The number of pyridine rings is 1. The van der Waals surface area contributed by atoms with Gasteiger partial charge in [-0.15, -0.1) is 0 Å². The zero-order valence-corrected chi connectivity index (χ0v) is 42.4. The number of halogens is 3. The van der Waals surface area contributed by atoms with Crippen molar-refractivity contribution in [1.29, 1.82) is 0 Å². The molecule has 0 radical (unpaired) electrons. The minimum absolute atomic E-state index is 0.00611. The predicted octanol–water partition coefficient (Wildman–Crippen LogP) is 19.5. The lowest BCUT2D eigenvalue weighted by atomic mass is 10.00. The van der Waals surface area contributed by atoms with Gasteiger partial charge in [0.2, 0.25) is 0 Å². The zero-order valence-electron chi connectivity index (χ0n) is 42.4. The molecule has 0 fully saturated rings. The summed E-state index contributed by atoms with van der Waals surface area (Å²) in [5.74, 6) is 0. The molecule has 10 aromatic carbocycles. The Balaban J connectivity index is 1.19. The fourth-order valence-corrected chi connectivity index (χ4v) is 11.0. The van der Waals surface area contributed by atoms with Crippen molar-refractivity contribution in [2.24, 2.45) is 0 Å². The van der Waals surface area contributed by atoms with Crippen LogP contribution >= 0.6 is 0 Å². The van der Waals surface area contributed by atoms with Crippen molar-refractivity contribution in [2.45, 2.75) is 33.9 Å². The molecular formula is C70H50F3N3. The van der Waals surface area contributed by atoms with Gasteiger partial charge in [0.05, 0.1) is 44.8 Å². The number of aryl methyl sites for hydroxylation is 4. The van der Waals surface area contributed by atoms with Crippen LogP contribution in [0.25, 0.3) is 122 Å². The van der Waals surface area contributed by atoms with E-state index in [0.717, 1.165) is 93.9 Å². The summed E-state index contributed by atoms with van der Waals surface area (Å²) in [6, 6.07) is 76.9. The molecule has 6 heteroatoms. The van der Waals surface area contributed by atoms with Crippen molar-refractivity contribution in [3.8, 4) is 78.4 Å². The van der Waals surface area contributed by atoms with Crippen molar-refractivity contribution in [3.63, 3.8) is 0 Å². The van der Waals surface area contributed by atoms with Gasteiger partial charge in [-0.3, -0.25) is 0 Å². The van der Waals surface area contributed by atoms with E-state index in [-0.39, 0.29) is 11.4 Å². The van der Waals surface area contributed by atoms with E-state index in [1.54, 1.807) is 12.1 Å². The van der Waals surface area contributed by atoms with Gasteiger partial charge in [-0.1, -0.05) is 204 Å². The molecule has 13 aromatic rings. The van der Waals surface area contributed by atoms with Crippen molar-refractivity contribution in [1.82, 2.24) is 14.1 Å². The van der Waals surface area contributed by atoms with Gasteiger partial charge in [-0.05, 0) is 121 Å². The minimum Gasteiger partial charge on any atom is -0.308 e. The van der Waals surface area contributed by atoms with Gasteiger partial charge in [0.25, 0.3) is 0 Å². The predicted molar refractivity (Wildman–Crippen MR) is 309 cm³/mol. The smallest absolute Gasteiger partial charge is 0.308 e. The molecule has 0 bridgehead atoms. The van der Waals surface area contributed by atoms with E-state index in [9.17, 15) is 0 Å². The second kappa shape index (κ2) is 18.3. The highest BCUT2D eigenvalue weighted by molar-refractivity contribution is 6.13. The lowest BCUT2D eigenvalue weighted by Crippen LogP contribution is -2.16. The molecule has 0 unspecified atom stereocenters. The molecule has 76 heavy (non-hydrogen) atoms. The summed E-state index contributed by atoms with van der Waals surface area (Å²) >= 11 is 0. The van der Waals surface area contributed by atoms with Gasteiger partial charge < -0.3 is 9.13 Å². The lowest BCUT2D eigenvalue weighted by Gasteiger charge is -2.23. The van der Waals surface area contributed by atoms with E-state index in [0.29, 0.717) is 39.0 Å². The van der Waals surface area contributed by atoms with Crippen LogP contribution in [-0.2, 0) is 6.18 Å². The zero-order chi connectivity index (χ0) is 51.8. The number of nitrogens with zero attached hydrogens (tertiary/aromatic N) is 3. The maximum atomic E-state index is 17.4. The lowest BCUT2D eigenvalue weighted by molar-refractivity contribution is -0.137. The van der Waals surface area contributed by atoms with E-state index >= 15 is 13.2 Å². The number of hydrogen-bond acceptors (Lipinski definition) is 1. The van der Waals surface area contributed by atoms with E-state index in [4.69, 9.17) is 4.98 Å². The molecule has 0 saturated heterocycles. The average molecular weight is 990 g/mol. The second-order valence-corrected chi connectivity index (χ2v) is 20.2. The van der Waals surface area contributed by atoms with Crippen LogP contribution in [0.15, 0.2) is 231 Å². The Hall–Kier alpha value is -9.26. The Labute approximate surface area is 439 Å². The van der Waals surface area contributed by atoms with Gasteiger partial charge in [-0.25, -0.2) is 4.98 Å². The first kappa shape index (κ1) is 46.5. The van der Waals surface area contributed by atoms with Crippen molar-refractivity contribution in [3.05, 3.63) is 258 Å². The number of aromatic nitrogens is 3. The van der Waals surface area contributed by atoms with Crippen LogP contribution in [0.3, 0.4) is 0 Å². The van der Waals surface area contributed by atoms with Crippen molar-refractivity contribution >= 4 is 43.6 Å². The maximum absolute atomic E-state index is 17.4. The molecule has 0 saturated carbocycles. The third-order valence-electron chi connectivity index (χ3n) is 15.1. The summed E-state index contributed by atoms with van der Waals surface area (Å²) in [6.07, 6.45) is -4.87. The summed E-state index contributed by atoms with van der Waals surface area (Å²) in [5, 5.41) is 3.36. The molecule has 0 N–H and O–H groups in total. The standard InChI is InChI=1S/C70H50F3N3/c1-43-13-21-47(22-14-43)52-29-33-57-58-34-30-53(48-23-15-44(2)16-24-48)38-64(58)75(63(57)37-52)67-41-56(62-12-8-11-61(74-62)51-9-6-5-7-10-51)42-68(69(67)70(71,72)73)76-65-39-54(49-25-17-45(3)18-26-49)31-35-59(65)60-36-32-55(40-66(60)76)50-27-19-46(4)20-28-50/h5-42H,1-4H3. The normalized spacial score (nSPS) is 11.9. The van der Waals surface area contributed by atoms with Crippen LogP contribution in [0.1, 0.15) is 27.8 Å². The van der Waals surface area contributed by atoms with Crippen LogP contribution in [0.5, 0.6) is 0 Å². The number of rotatable bonds is 8. The Morgan fingerprint density at radius 1 is 0.289 bits per heavy atom. The van der Waals surface area contributed by atoms with Crippen LogP contribution < -0.4 is 0 Å². The maximum Gasteiger partial charge on any atom is 0.420 e. The molecule has 0 atom stereocenters. The highest BCUT2D eigenvalue weighted by atomic mass is 19.4. The third kappa shape index (κ3) is 8.23. The topological polar surface area (TPSA) is 22.8 Å². The number of alkyl halides is 3. The van der Waals surface area contributed by atoms with Crippen molar-refractivity contribution < 1.29 is 13.2 Å². The summed E-state index contributed by atoms with van der Waals surface area (Å²) in [7, 11) is 0. The van der Waals surface area contributed by atoms with E-state index in [2.05, 4.69) is 170 Å². The molecule has 0 spiro atoms. The molecule has 3 aromatic heterocycles. The Bertz CT molecular complexity index is 3930. The van der Waals surface area contributed by atoms with E-state index in [1.165, 1.54) is 0 Å². The quantitative estimate of drug-likeness (QED) is 0.149. The monoisotopic (exact) mass is 989 g/mol. The number of fused-ring (bicyclic) bond motifs is 6. The molecule has 0 aliphatic rings. The summed E-state index contributed by atoms with van der Waals surface area (Å²) in [6.45, 7) is 8.20. The van der Waals surface area contributed by atoms with E-state index < -0.39 is 11.7 Å². The fraction of sp³-hybridized carbons (Fsp3) is 0.0714. The molecule has 3 nitrogen and oxygen atoms in total. The van der Waals surface area contributed by atoms with E-state index in [1.807, 2.05) is 85.4 Å². The van der Waals surface area contributed by atoms with Gasteiger partial charge in [-0.2, -0.15) is 13.2 Å². The number of hydrogen-bond donors (Lipinski definition) is 0.